The standard InChI is InChI=1S/C12H16O/c1-11(2)7-6-9-12(3)8-4-5-10-13/h5-9H,4H2,1-3H3. The van der Waals surface area contributed by atoms with Crippen molar-refractivity contribution in [3.63, 3.8) is 0 Å². The first kappa shape index (κ1) is 11.7. The van der Waals surface area contributed by atoms with Gasteiger partial charge in [-0.05, 0) is 27.2 Å². The molecule has 70 valence electrons. The van der Waals surface area contributed by atoms with E-state index in [1.54, 1.807) is 5.94 Å². The van der Waals surface area contributed by atoms with Crippen molar-refractivity contribution < 1.29 is 4.79 Å². The van der Waals surface area contributed by atoms with E-state index in [4.69, 9.17) is 0 Å². The summed E-state index contributed by atoms with van der Waals surface area (Å²) in [5, 5.41) is 0. The van der Waals surface area contributed by atoms with E-state index in [9.17, 15) is 4.79 Å². The van der Waals surface area contributed by atoms with E-state index in [1.165, 1.54) is 11.6 Å². The van der Waals surface area contributed by atoms with Crippen LogP contribution in [0.4, 0.5) is 0 Å². The van der Waals surface area contributed by atoms with E-state index in [0.29, 0.717) is 6.42 Å². The quantitative estimate of drug-likeness (QED) is 0.474. The normalized spacial score (nSPS) is 11.2. The molecule has 0 fully saturated rings. The minimum Gasteiger partial charge on any atom is -0.234 e. The molecule has 0 aliphatic carbocycles. The molecule has 0 amide bonds. The summed E-state index contributed by atoms with van der Waals surface area (Å²) < 4.78 is 0. The lowest BCUT2D eigenvalue weighted by Crippen LogP contribution is -1.68. The maximum Gasteiger partial charge on any atom is 0.120 e. The lowest BCUT2D eigenvalue weighted by molar-refractivity contribution is 0.568. The molecule has 0 spiro atoms. The molecular formula is C12H16O. The summed E-state index contributed by atoms with van der Waals surface area (Å²) in [4.78, 5) is 9.85. The smallest absolute Gasteiger partial charge is 0.120 e. The molecule has 0 unspecified atom stereocenters. The molecule has 0 radical (unpaired) electrons. The number of rotatable bonds is 4. The van der Waals surface area contributed by atoms with Gasteiger partial charge >= 0.3 is 0 Å². The summed E-state index contributed by atoms with van der Waals surface area (Å²) >= 11 is 0. The Balaban J connectivity index is 4.05. The van der Waals surface area contributed by atoms with Crippen LogP contribution in [0.1, 0.15) is 27.2 Å². The van der Waals surface area contributed by atoms with Crippen molar-refractivity contribution in [2.75, 3.05) is 0 Å². The predicted octanol–water partition coefficient (Wildman–Crippen LogP) is 3.23. The molecule has 1 heteroatoms. The van der Waals surface area contributed by atoms with Crippen molar-refractivity contribution >= 4 is 5.94 Å². The fourth-order valence-electron chi connectivity index (χ4n) is 0.753. The maximum absolute atomic E-state index is 9.85. The number of hydrogen-bond donors (Lipinski definition) is 0. The molecule has 0 aromatic rings. The highest BCUT2D eigenvalue weighted by atomic mass is 16.1. The summed E-state index contributed by atoms with van der Waals surface area (Å²) in [5.41, 5.74) is 2.43. The van der Waals surface area contributed by atoms with Gasteiger partial charge in [0.15, 0.2) is 0 Å². The van der Waals surface area contributed by atoms with E-state index in [2.05, 4.69) is 13.8 Å². The summed E-state index contributed by atoms with van der Waals surface area (Å²) in [6, 6.07) is 0. The Bertz CT molecular complexity index is 269. The van der Waals surface area contributed by atoms with Crippen molar-refractivity contribution in [1.82, 2.24) is 0 Å². The lowest BCUT2D eigenvalue weighted by atomic mass is 10.2. The van der Waals surface area contributed by atoms with Crippen LogP contribution in [0.2, 0.25) is 0 Å². The fraction of sp³-hybridized carbons (Fsp3) is 0.333. The highest BCUT2D eigenvalue weighted by molar-refractivity contribution is 5.45. The third-order valence-electron chi connectivity index (χ3n) is 1.43. The van der Waals surface area contributed by atoms with Gasteiger partial charge in [0.05, 0.1) is 0 Å². The molecule has 0 atom stereocenters. The molecule has 0 N–H and O–H groups in total. The number of hydrogen-bond acceptors (Lipinski definition) is 1. The van der Waals surface area contributed by atoms with E-state index in [1.807, 2.05) is 31.2 Å². The van der Waals surface area contributed by atoms with Crippen molar-refractivity contribution in [1.29, 1.82) is 0 Å². The number of carbonyl (C=O) groups excluding carboxylic acids is 1. The topological polar surface area (TPSA) is 17.1 Å². The van der Waals surface area contributed by atoms with Gasteiger partial charge in [0.1, 0.15) is 5.94 Å². The van der Waals surface area contributed by atoms with Crippen LogP contribution in [0.25, 0.3) is 0 Å². The second-order valence-corrected chi connectivity index (χ2v) is 3.11. The number of allylic oxidation sites excluding steroid dienone is 7. The average Bonchev–Trinajstić information content (AvgIpc) is 2.04. The van der Waals surface area contributed by atoms with Crippen LogP contribution in [0.3, 0.4) is 0 Å². The molecule has 0 bridgehead atoms. The first-order valence-corrected chi connectivity index (χ1v) is 4.34. The Hall–Kier alpha value is -1.33. The van der Waals surface area contributed by atoms with Gasteiger partial charge < -0.3 is 0 Å². The molecule has 0 rings (SSSR count). The van der Waals surface area contributed by atoms with Crippen LogP contribution in [-0.4, -0.2) is 5.94 Å². The zero-order valence-corrected chi connectivity index (χ0v) is 8.50. The average molecular weight is 176 g/mol. The lowest BCUT2D eigenvalue weighted by Gasteiger charge is -1.88. The van der Waals surface area contributed by atoms with Crippen molar-refractivity contribution in [3.05, 3.63) is 41.5 Å². The van der Waals surface area contributed by atoms with Gasteiger partial charge in [-0.2, -0.15) is 0 Å². The Morgan fingerprint density at radius 2 is 2.00 bits per heavy atom. The Kier molecular flexibility index (Phi) is 6.58. The zero-order chi connectivity index (χ0) is 10.1. The first-order chi connectivity index (χ1) is 6.16. The molecule has 1 nitrogen and oxygen atoms in total. The third kappa shape index (κ3) is 8.58. The highest BCUT2D eigenvalue weighted by Crippen LogP contribution is 1.99. The van der Waals surface area contributed by atoms with Crippen LogP contribution in [0.15, 0.2) is 41.5 Å². The van der Waals surface area contributed by atoms with Crippen molar-refractivity contribution in [2.45, 2.75) is 27.2 Å². The molecular weight excluding hydrogens is 160 g/mol. The van der Waals surface area contributed by atoms with Gasteiger partial charge in [-0.3, -0.25) is 0 Å². The zero-order valence-electron chi connectivity index (χ0n) is 8.50. The Labute approximate surface area is 80.2 Å². The molecule has 0 aliphatic rings. The van der Waals surface area contributed by atoms with E-state index in [-0.39, 0.29) is 0 Å². The summed E-state index contributed by atoms with van der Waals surface area (Å²) in [6.07, 6.45) is 10.2. The molecule has 0 heterocycles. The first-order valence-electron chi connectivity index (χ1n) is 4.34. The van der Waals surface area contributed by atoms with Gasteiger partial charge in [-0.15, -0.1) is 0 Å². The molecule has 13 heavy (non-hydrogen) atoms. The van der Waals surface area contributed by atoms with E-state index >= 15 is 0 Å². The Morgan fingerprint density at radius 3 is 2.54 bits per heavy atom. The van der Waals surface area contributed by atoms with Crippen LogP contribution in [-0.2, 0) is 4.79 Å². The summed E-state index contributed by atoms with van der Waals surface area (Å²) in [7, 11) is 0. The van der Waals surface area contributed by atoms with Crippen LogP contribution >= 0.6 is 0 Å². The van der Waals surface area contributed by atoms with Gasteiger partial charge in [0.2, 0.25) is 0 Å². The predicted molar refractivity (Wildman–Crippen MR) is 57.2 cm³/mol. The van der Waals surface area contributed by atoms with Crippen LogP contribution in [0, 0.1) is 0 Å². The molecule has 0 aromatic heterocycles. The molecule has 0 saturated heterocycles. The fourth-order valence-corrected chi connectivity index (χ4v) is 0.753. The highest BCUT2D eigenvalue weighted by Gasteiger charge is 1.79. The van der Waals surface area contributed by atoms with Crippen LogP contribution < -0.4 is 0 Å². The summed E-state index contributed by atoms with van der Waals surface area (Å²) in [6.45, 7) is 6.12. The molecule has 0 aliphatic heterocycles. The minimum atomic E-state index is 0.661. The van der Waals surface area contributed by atoms with Gasteiger partial charge in [-0.25, -0.2) is 4.79 Å². The monoisotopic (exact) mass is 176 g/mol. The minimum absolute atomic E-state index is 0.661. The van der Waals surface area contributed by atoms with Gasteiger partial charge in [0.25, 0.3) is 0 Å². The summed E-state index contributed by atoms with van der Waals surface area (Å²) in [5.74, 6) is 1.74. The van der Waals surface area contributed by atoms with E-state index in [0.717, 1.165) is 5.57 Å². The second-order valence-electron chi connectivity index (χ2n) is 3.11. The van der Waals surface area contributed by atoms with Crippen molar-refractivity contribution in [2.24, 2.45) is 0 Å². The van der Waals surface area contributed by atoms with Gasteiger partial charge in [-0.1, -0.05) is 35.5 Å². The molecule has 0 aromatic carbocycles. The molecule has 0 saturated carbocycles. The van der Waals surface area contributed by atoms with Crippen molar-refractivity contribution in [3.8, 4) is 0 Å². The maximum atomic E-state index is 9.85. The van der Waals surface area contributed by atoms with Crippen LogP contribution in [0.5, 0.6) is 0 Å². The van der Waals surface area contributed by atoms with Gasteiger partial charge in [0, 0.05) is 6.08 Å². The Morgan fingerprint density at radius 1 is 1.31 bits per heavy atom. The third-order valence-corrected chi connectivity index (χ3v) is 1.43. The largest absolute Gasteiger partial charge is 0.234 e. The second kappa shape index (κ2) is 7.33. The van der Waals surface area contributed by atoms with E-state index < -0.39 is 0 Å². The SMILES string of the molecule is CC(C)=CC=CC(C)=CCC=C=O.